The van der Waals surface area contributed by atoms with Crippen molar-refractivity contribution in [2.75, 3.05) is 27.3 Å². The van der Waals surface area contributed by atoms with Crippen molar-refractivity contribution >= 4 is 5.95 Å². The van der Waals surface area contributed by atoms with E-state index in [1.165, 1.54) is 5.56 Å². The first kappa shape index (κ1) is 23.0. The van der Waals surface area contributed by atoms with Gasteiger partial charge in [0.05, 0.1) is 27.3 Å². The van der Waals surface area contributed by atoms with Gasteiger partial charge in [0.2, 0.25) is 0 Å². The van der Waals surface area contributed by atoms with Crippen LogP contribution in [0.25, 0.3) is 0 Å². The molecule has 1 aromatic heterocycles. The van der Waals surface area contributed by atoms with E-state index >= 15 is 0 Å². The lowest BCUT2D eigenvalue weighted by molar-refractivity contribution is -2.00. The fourth-order valence-electron chi connectivity index (χ4n) is 2.10. The predicted octanol–water partition coefficient (Wildman–Crippen LogP) is -2.32. The third-order valence-corrected chi connectivity index (χ3v) is 3.09. The number of aromatic nitrogens is 3. The maximum absolute atomic E-state index is 8.49. The van der Waals surface area contributed by atoms with Crippen LogP contribution in [0.15, 0.2) is 30.3 Å². The maximum Gasteiger partial charge on any atom is 0.338 e. The Morgan fingerprint density at radius 1 is 0.852 bits per heavy atom. The number of ether oxygens (including phenoxy) is 2. The Bertz CT molecular complexity index is 667. The number of hydrogen-bond acceptors (Lipinski definition) is 9. The van der Waals surface area contributed by atoms with E-state index in [1.54, 1.807) is 0 Å². The molecule has 0 bridgehead atoms. The summed E-state index contributed by atoms with van der Waals surface area (Å²) in [4.78, 5) is 13.0. The molecule has 1 heterocycles. The molecule has 0 aliphatic rings. The van der Waals surface area contributed by atoms with Gasteiger partial charge < -0.3 is 9.47 Å². The zero-order chi connectivity index (χ0) is 20.5. The molecular weight excluding hydrogens is 380 g/mol. The molecule has 2 aromatic rings. The third-order valence-electron chi connectivity index (χ3n) is 3.09. The zero-order valence-electron chi connectivity index (χ0n) is 15.6. The van der Waals surface area contributed by atoms with Crippen molar-refractivity contribution in [3.8, 4) is 12.0 Å². The van der Waals surface area contributed by atoms with Crippen molar-refractivity contribution < 1.29 is 38.4 Å². The van der Waals surface area contributed by atoms with Crippen LogP contribution in [0.1, 0.15) is 19.4 Å². The van der Waals surface area contributed by atoms with Gasteiger partial charge in [-0.05, 0) is 13.8 Å². The van der Waals surface area contributed by atoms with E-state index < -0.39 is 10.2 Å². The van der Waals surface area contributed by atoms with Gasteiger partial charge >= 0.3 is 18.0 Å². The van der Waals surface area contributed by atoms with Gasteiger partial charge in [-0.25, -0.2) is 18.6 Å². The molecular formula is C16H23ClN4O6. The van der Waals surface area contributed by atoms with E-state index in [9.17, 15) is 0 Å². The van der Waals surface area contributed by atoms with Crippen molar-refractivity contribution in [2.24, 2.45) is 0 Å². The molecule has 1 aromatic carbocycles. The Hall–Kier alpha value is -2.08. The van der Waals surface area contributed by atoms with Gasteiger partial charge in [0.25, 0.3) is 0 Å². The van der Waals surface area contributed by atoms with Crippen LogP contribution in [0.3, 0.4) is 0 Å². The molecule has 0 unspecified atom stereocenters. The summed E-state index contributed by atoms with van der Waals surface area (Å²) in [5.41, 5.74) is 1.21. The third kappa shape index (κ3) is 9.43. The van der Waals surface area contributed by atoms with Crippen LogP contribution in [-0.4, -0.2) is 42.3 Å². The largest absolute Gasteiger partial charge is 0.463 e. The SMILES string of the molecule is CCOc1nc(OCC)nc([N+](C)(C)Cc2ccccc2)n1.[O-][Cl+3]([O-])([O-])[O-]. The lowest BCUT2D eigenvalue weighted by atomic mass is 10.2. The summed E-state index contributed by atoms with van der Waals surface area (Å²) in [6.07, 6.45) is 0. The molecule has 0 aliphatic carbocycles. The van der Waals surface area contributed by atoms with Gasteiger partial charge in [0, 0.05) is 5.56 Å². The van der Waals surface area contributed by atoms with E-state index in [0.29, 0.717) is 35.7 Å². The molecule has 0 amide bonds. The lowest BCUT2D eigenvalue weighted by Crippen LogP contribution is -2.68. The Labute approximate surface area is 160 Å². The van der Waals surface area contributed by atoms with Crippen LogP contribution < -0.4 is 32.6 Å². The molecule has 27 heavy (non-hydrogen) atoms. The number of benzene rings is 1. The molecule has 11 heteroatoms. The molecule has 0 radical (unpaired) electrons. The van der Waals surface area contributed by atoms with Crippen molar-refractivity contribution in [3.63, 3.8) is 0 Å². The highest BCUT2D eigenvalue weighted by molar-refractivity contribution is 5.29. The Balaban J connectivity index is 0.000000646. The summed E-state index contributed by atoms with van der Waals surface area (Å²) in [6.45, 7) is 5.56. The fourth-order valence-corrected chi connectivity index (χ4v) is 2.10. The first-order valence-corrected chi connectivity index (χ1v) is 9.29. The minimum atomic E-state index is -4.94. The fraction of sp³-hybridized carbons (Fsp3) is 0.438. The summed E-state index contributed by atoms with van der Waals surface area (Å²) >= 11 is 0. The molecule has 2 rings (SSSR count). The normalized spacial score (nSPS) is 11.4. The first-order valence-electron chi connectivity index (χ1n) is 8.06. The molecule has 0 saturated carbocycles. The quantitative estimate of drug-likeness (QED) is 0.465. The van der Waals surface area contributed by atoms with Crippen molar-refractivity contribution in [1.82, 2.24) is 19.4 Å². The highest BCUT2D eigenvalue weighted by Crippen LogP contribution is 2.22. The molecule has 0 spiro atoms. The number of quaternary nitrogens is 1. The summed E-state index contributed by atoms with van der Waals surface area (Å²) < 4.78 is 45.3. The standard InChI is InChI=1S/C16H23N4O2.ClHO4/c1-5-21-15-17-14(18-16(19-15)22-6-2)20(3,4)12-13-10-8-7-9-11-13;2-1(3,4)5/h7-11H,5-6,12H2,1-4H3;(H,2,3,4,5)/q+1;/p-1. The van der Waals surface area contributed by atoms with Crippen LogP contribution in [-0.2, 0) is 6.54 Å². The second-order valence-electron chi connectivity index (χ2n) is 5.77. The Morgan fingerprint density at radius 2 is 1.30 bits per heavy atom. The summed E-state index contributed by atoms with van der Waals surface area (Å²) in [5, 5.41) is 0. The van der Waals surface area contributed by atoms with Gasteiger partial charge in [-0.3, -0.25) is 4.48 Å². The highest BCUT2D eigenvalue weighted by Gasteiger charge is 2.26. The second kappa shape index (κ2) is 10.3. The Kier molecular flexibility index (Phi) is 8.76. The summed E-state index contributed by atoms with van der Waals surface area (Å²) in [6, 6.07) is 10.8. The van der Waals surface area contributed by atoms with Crippen LogP contribution in [0.5, 0.6) is 12.0 Å². The van der Waals surface area contributed by atoms with E-state index in [1.807, 2.05) is 46.1 Å². The van der Waals surface area contributed by atoms with E-state index in [-0.39, 0.29) is 0 Å². The van der Waals surface area contributed by atoms with Gasteiger partial charge in [0.15, 0.2) is 0 Å². The lowest BCUT2D eigenvalue weighted by Gasteiger charge is -2.26. The minimum Gasteiger partial charge on any atom is -0.463 e. The van der Waals surface area contributed by atoms with E-state index in [2.05, 4.69) is 27.1 Å². The smallest absolute Gasteiger partial charge is 0.338 e. The second-order valence-corrected chi connectivity index (χ2v) is 6.53. The molecule has 0 saturated heterocycles. The van der Waals surface area contributed by atoms with Crippen molar-refractivity contribution in [2.45, 2.75) is 20.4 Å². The van der Waals surface area contributed by atoms with Gasteiger partial charge in [-0.15, -0.1) is 25.2 Å². The zero-order valence-corrected chi connectivity index (χ0v) is 16.4. The van der Waals surface area contributed by atoms with E-state index in [0.717, 1.165) is 6.54 Å². The summed E-state index contributed by atoms with van der Waals surface area (Å²) in [7, 11) is -0.846. The van der Waals surface area contributed by atoms with Crippen LogP contribution in [0.4, 0.5) is 5.95 Å². The molecule has 0 atom stereocenters. The van der Waals surface area contributed by atoms with Crippen LogP contribution in [0, 0.1) is 10.2 Å². The molecule has 0 N–H and O–H groups in total. The van der Waals surface area contributed by atoms with Crippen LogP contribution >= 0.6 is 0 Å². The molecule has 0 aliphatic heterocycles. The van der Waals surface area contributed by atoms with E-state index in [4.69, 9.17) is 28.1 Å². The topological polar surface area (TPSA) is 149 Å². The monoisotopic (exact) mass is 402 g/mol. The highest BCUT2D eigenvalue weighted by atomic mass is 35.7. The minimum absolute atomic E-state index is 0.301. The van der Waals surface area contributed by atoms with Crippen LogP contribution in [0.2, 0.25) is 0 Å². The average molecular weight is 403 g/mol. The van der Waals surface area contributed by atoms with Gasteiger partial charge in [-0.1, -0.05) is 30.3 Å². The predicted molar refractivity (Wildman–Crippen MR) is 86.0 cm³/mol. The first-order chi connectivity index (χ1) is 12.5. The number of nitrogens with zero attached hydrogens (tertiary/aromatic N) is 4. The Morgan fingerprint density at radius 3 is 1.70 bits per heavy atom. The van der Waals surface area contributed by atoms with Crippen molar-refractivity contribution in [1.29, 1.82) is 0 Å². The average Bonchev–Trinajstić information content (AvgIpc) is 2.54. The van der Waals surface area contributed by atoms with Gasteiger partial charge in [0.1, 0.15) is 6.54 Å². The summed E-state index contributed by atoms with van der Waals surface area (Å²) in [5.74, 6) is 0.616. The molecule has 0 fully saturated rings. The van der Waals surface area contributed by atoms with Gasteiger partial charge in [-0.2, -0.15) is 0 Å². The number of rotatable bonds is 7. The molecule has 10 nitrogen and oxygen atoms in total. The number of hydrogen-bond donors (Lipinski definition) is 0. The molecule has 150 valence electrons. The van der Waals surface area contributed by atoms with Crippen molar-refractivity contribution in [3.05, 3.63) is 35.9 Å². The number of halogens is 1. The maximum atomic E-state index is 8.49.